The van der Waals surface area contributed by atoms with E-state index in [9.17, 15) is 4.79 Å². The minimum absolute atomic E-state index is 0.583. The summed E-state index contributed by atoms with van der Waals surface area (Å²) in [5, 5.41) is 8.85. The quantitative estimate of drug-likeness (QED) is 0.839. The van der Waals surface area contributed by atoms with E-state index in [-0.39, 0.29) is 0 Å². The highest BCUT2D eigenvalue weighted by Crippen LogP contribution is 2.18. The van der Waals surface area contributed by atoms with Crippen molar-refractivity contribution in [3.8, 4) is 5.75 Å². The van der Waals surface area contributed by atoms with Gasteiger partial charge in [0.25, 0.3) is 0 Å². The first-order chi connectivity index (χ1) is 10.1. The topological polar surface area (TPSA) is 75.8 Å². The minimum Gasteiger partial charge on any atom is -0.492 e. The van der Waals surface area contributed by atoms with Crippen molar-refractivity contribution in [1.29, 1.82) is 0 Å². The Morgan fingerprint density at radius 3 is 2.76 bits per heavy atom. The Labute approximate surface area is 125 Å². The number of carbonyl (C=O) groups is 1. The van der Waals surface area contributed by atoms with Gasteiger partial charge >= 0.3 is 5.97 Å². The van der Waals surface area contributed by atoms with Crippen molar-refractivity contribution in [3.63, 3.8) is 0 Å². The van der Waals surface area contributed by atoms with Crippen LogP contribution in [0.25, 0.3) is 0 Å². The van der Waals surface area contributed by atoms with E-state index < -0.39 is 12.0 Å². The third-order valence-electron chi connectivity index (χ3n) is 4.09. The third-order valence-corrected chi connectivity index (χ3v) is 4.09. The average molecular weight is 292 g/mol. The number of nitrogens with two attached hydrogens (primary N) is 1. The Morgan fingerprint density at radius 1 is 1.43 bits per heavy atom. The molecule has 0 aliphatic carbocycles. The maximum atomic E-state index is 10.8. The molecule has 0 aromatic heterocycles. The van der Waals surface area contributed by atoms with E-state index in [2.05, 4.69) is 11.8 Å². The SMILES string of the molecule is CC1CCCCN1CCOc1ccc([C@H](N)C(=O)O)cc1. The molecule has 5 heteroatoms. The van der Waals surface area contributed by atoms with E-state index in [4.69, 9.17) is 15.6 Å². The number of carboxylic acid groups (broad SMARTS) is 1. The molecule has 1 aliphatic heterocycles. The first-order valence-electron chi connectivity index (χ1n) is 7.53. The van der Waals surface area contributed by atoms with Crippen molar-refractivity contribution in [2.75, 3.05) is 19.7 Å². The van der Waals surface area contributed by atoms with Crippen LogP contribution in [0.3, 0.4) is 0 Å². The zero-order valence-corrected chi connectivity index (χ0v) is 12.5. The highest BCUT2D eigenvalue weighted by molar-refractivity contribution is 5.75. The lowest BCUT2D eigenvalue weighted by Gasteiger charge is -2.33. The normalized spacial score (nSPS) is 21.0. The van der Waals surface area contributed by atoms with E-state index in [1.807, 2.05) is 0 Å². The highest BCUT2D eigenvalue weighted by Gasteiger charge is 2.17. The summed E-state index contributed by atoms with van der Waals surface area (Å²) >= 11 is 0. The lowest BCUT2D eigenvalue weighted by molar-refractivity contribution is -0.138. The van der Waals surface area contributed by atoms with Crippen molar-refractivity contribution in [1.82, 2.24) is 4.90 Å². The number of hydrogen-bond acceptors (Lipinski definition) is 4. The number of rotatable bonds is 6. The maximum absolute atomic E-state index is 10.8. The number of ether oxygens (including phenoxy) is 1. The monoisotopic (exact) mass is 292 g/mol. The van der Waals surface area contributed by atoms with Crippen LogP contribution < -0.4 is 10.5 Å². The first-order valence-corrected chi connectivity index (χ1v) is 7.53. The summed E-state index contributed by atoms with van der Waals surface area (Å²) in [5.41, 5.74) is 6.14. The summed E-state index contributed by atoms with van der Waals surface area (Å²) in [7, 11) is 0. The second-order valence-corrected chi connectivity index (χ2v) is 5.61. The highest BCUT2D eigenvalue weighted by atomic mass is 16.5. The van der Waals surface area contributed by atoms with Crippen LogP contribution in [-0.2, 0) is 4.79 Å². The molecule has 1 heterocycles. The van der Waals surface area contributed by atoms with E-state index in [0.29, 0.717) is 18.2 Å². The van der Waals surface area contributed by atoms with Gasteiger partial charge in [-0.05, 0) is 44.0 Å². The number of likely N-dealkylation sites (tertiary alicyclic amines) is 1. The molecule has 116 valence electrons. The summed E-state index contributed by atoms with van der Waals surface area (Å²) < 4.78 is 5.72. The van der Waals surface area contributed by atoms with Crippen LogP contribution in [0.2, 0.25) is 0 Å². The molecule has 1 saturated heterocycles. The van der Waals surface area contributed by atoms with E-state index in [0.717, 1.165) is 18.8 Å². The second kappa shape index (κ2) is 7.43. The fourth-order valence-corrected chi connectivity index (χ4v) is 2.68. The van der Waals surface area contributed by atoms with Gasteiger partial charge < -0.3 is 15.6 Å². The first kappa shape index (κ1) is 15.8. The molecule has 0 spiro atoms. The maximum Gasteiger partial charge on any atom is 0.325 e. The molecule has 1 fully saturated rings. The summed E-state index contributed by atoms with van der Waals surface area (Å²) in [6, 6.07) is 6.62. The lowest BCUT2D eigenvalue weighted by atomic mass is 10.0. The Hall–Kier alpha value is -1.59. The van der Waals surface area contributed by atoms with E-state index >= 15 is 0 Å². The van der Waals surface area contributed by atoms with Crippen molar-refractivity contribution in [3.05, 3.63) is 29.8 Å². The van der Waals surface area contributed by atoms with Gasteiger partial charge in [-0.3, -0.25) is 9.69 Å². The summed E-state index contributed by atoms with van der Waals surface area (Å²) in [6.07, 6.45) is 3.86. The van der Waals surface area contributed by atoms with Gasteiger partial charge in [-0.2, -0.15) is 0 Å². The van der Waals surface area contributed by atoms with Crippen LogP contribution in [0, 0.1) is 0 Å². The van der Waals surface area contributed by atoms with Crippen molar-refractivity contribution >= 4 is 5.97 Å². The Bertz CT molecular complexity index is 461. The molecule has 5 nitrogen and oxygen atoms in total. The predicted octanol–water partition coefficient (Wildman–Crippen LogP) is 2.02. The van der Waals surface area contributed by atoms with Crippen molar-refractivity contribution < 1.29 is 14.6 Å². The number of aliphatic carboxylic acids is 1. The number of piperidine rings is 1. The Kier molecular flexibility index (Phi) is 5.59. The fourth-order valence-electron chi connectivity index (χ4n) is 2.68. The summed E-state index contributed by atoms with van der Waals surface area (Å²) in [4.78, 5) is 13.3. The molecule has 1 unspecified atom stereocenters. The van der Waals surface area contributed by atoms with Crippen molar-refractivity contribution in [2.45, 2.75) is 38.3 Å². The van der Waals surface area contributed by atoms with Gasteiger partial charge in [0, 0.05) is 12.6 Å². The molecule has 1 aromatic rings. The lowest BCUT2D eigenvalue weighted by Crippen LogP contribution is -2.39. The number of hydrogen-bond donors (Lipinski definition) is 2. The molecule has 0 radical (unpaired) electrons. The van der Waals surface area contributed by atoms with Crippen LogP contribution in [0.1, 0.15) is 37.8 Å². The van der Waals surface area contributed by atoms with Crippen molar-refractivity contribution in [2.24, 2.45) is 5.73 Å². The number of benzene rings is 1. The molecule has 1 aromatic carbocycles. The Morgan fingerprint density at radius 2 is 2.14 bits per heavy atom. The molecular weight excluding hydrogens is 268 g/mol. The zero-order valence-electron chi connectivity index (χ0n) is 12.5. The third kappa shape index (κ3) is 4.44. The van der Waals surface area contributed by atoms with Crippen LogP contribution >= 0.6 is 0 Å². The van der Waals surface area contributed by atoms with Gasteiger partial charge in [0.2, 0.25) is 0 Å². The van der Waals surface area contributed by atoms with E-state index in [1.54, 1.807) is 24.3 Å². The fraction of sp³-hybridized carbons (Fsp3) is 0.562. The van der Waals surface area contributed by atoms with Crippen LogP contribution in [0.4, 0.5) is 0 Å². The van der Waals surface area contributed by atoms with Gasteiger partial charge in [-0.1, -0.05) is 18.6 Å². The molecule has 0 saturated carbocycles. The van der Waals surface area contributed by atoms with Gasteiger partial charge in [-0.25, -0.2) is 0 Å². The van der Waals surface area contributed by atoms with Gasteiger partial charge in [0.1, 0.15) is 18.4 Å². The average Bonchev–Trinajstić information content (AvgIpc) is 2.49. The molecule has 3 N–H and O–H groups in total. The van der Waals surface area contributed by atoms with E-state index in [1.165, 1.54) is 19.3 Å². The van der Waals surface area contributed by atoms with Gasteiger partial charge in [0.15, 0.2) is 0 Å². The standard InChI is InChI=1S/C16H24N2O3/c1-12-4-2-3-9-18(12)10-11-21-14-7-5-13(6-8-14)15(17)16(19)20/h5-8,12,15H,2-4,9-11,17H2,1H3,(H,19,20)/t12?,15-/m0/s1. The number of nitrogens with zero attached hydrogens (tertiary/aromatic N) is 1. The smallest absolute Gasteiger partial charge is 0.325 e. The number of carboxylic acids is 1. The second-order valence-electron chi connectivity index (χ2n) is 5.61. The molecule has 2 atom stereocenters. The largest absolute Gasteiger partial charge is 0.492 e. The summed E-state index contributed by atoms with van der Waals surface area (Å²) in [6.45, 7) is 4.99. The molecule has 21 heavy (non-hydrogen) atoms. The summed E-state index contributed by atoms with van der Waals surface area (Å²) in [5.74, 6) is -0.274. The van der Waals surface area contributed by atoms with Gasteiger partial charge in [0.05, 0.1) is 0 Å². The van der Waals surface area contributed by atoms with Crippen LogP contribution in [0.15, 0.2) is 24.3 Å². The molecule has 0 amide bonds. The predicted molar refractivity (Wildman–Crippen MR) is 81.4 cm³/mol. The zero-order chi connectivity index (χ0) is 15.2. The molecule has 2 rings (SSSR count). The van der Waals surface area contributed by atoms with Crippen LogP contribution in [-0.4, -0.2) is 41.7 Å². The Balaban J connectivity index is 1.79. The minimum atomic E-state index is -1.03. The van der Waals surface area contributed by atoms with Crippen LogP contribution in [0.5, 0.6) is 5.75 Å². The van der Waals surface area contributed by atoms with Gasteiger partial charge in [-0.15, -0.1) is 0 Å². The molecular formula is C16H24N2O3. The molecule has 0 bridgehead atoms. The molecule has 1 aliphatic rings.